The van der Waals surface area contributed by atoms with Crippen molar-refractivity contribution in [2.45, 2.75) is 38.1 Å². The highest BCUT2D eigenvalue weighted by molar-refractivity contribution is 7.09. The van der Waals surface area contributed by atoms with Gasteiger partial charge in [0.15, 0.2) is 0 Å². The van der Waals surface area contributed by atoms with Crippen LogP contribution >= 0.6 is 11.3 Å². The Kier molecular flexibility index (Phi) is 6.02. The zero-order valence-electron chi connectivity index (χ0n) is 14.0. The Morgan fingerprint density at radius 2 is 2.17 bits per heavy atom. The number of likely N-dealkylation sites (tertiary alicyclic amines) is 2. The van der Waals surface area contributed by atoms with Crippen molar-refractivity contribution < 1.29 is 4.79 Å². The van der Waals surface area contributed by atoms with Gasteiger partial charge in [0.2, 0.25) is 5.91 Å². The van der Waals surface area contributed by atoms with Crippen molar-refractivity contribution in [3.05, 3.63) is 16.6 Å². The summed E-state index contributed by atoms with van der Waals surface area (Å²) < 4.78 is 0. The largest absolute Gasteiger partial charge is 0.355 e. The van der Waals surface area contributed by atoms with Gasteiger partial charge in [0.05, 0.1) is 10.9 Å². The van der Waals surface area contributed by atoms with Gasteiger partial charge in [-0.1, -0.05) is 0 Å². The minimum absolute atomic E-state index is 0.166. The van der Waals surface area contributed by atoms with E-state index in [1.54, 1.807) is 11.3 Å². The number of nitrogens with one attached hydrogen (secondary N) is 1. The number of rotatable bonds is 5. The summed E-state index contributed by atoms with van der Waals surface area (Å²) in [4.78, 5) is 21.7. The van der Waals surface area contributed by atoms with E-state index in [1.165, 1.54) is 25.9 Å². The molecule has 6 heteroatoms. The number of nitrogens with zero attached hydrogens (tertiary/aromatic N) is 3. The van der Waals surface area contributed by atoms with Crippen LogP contribution in [0.2, 0.25) is 0 Å². The van der Waals surface area contributed by atoms with E-state index in [-0.39, 0.29) is 11.8 Å². The maximum atomic E-state index is 12.4. The third-order valence-electron chi connectivity index (χ3n) is 5.15. The molecule has 0 saturated carbocycles. The van der Waals surface area contributed by atoms with Crippen molar-refractivity contribution in [3.63, 3.8) is 0 Å². The van der Waals surface area contributed by atoms with Crippen LogP contribution in [0, 0.1) is 5.92 Å². The Bertz CT molecular complexity index is 485. The molecule has 5 nitrogen and oxygen atoms in total. The zero-order chi connectivity index (χ0) is 16.1. The second-order valence-corrected chi connectivity index (χ2v) is 7.81. The summed E-state index contributed by atoms with van der Waals surface area (Å²) >= 11 is 1.65. The van der Waals surface area contributed by atoms with Crippen LogP contribution < -0.4 is 5.32 Å². The molecule has 2 aliphatic rings. The van der Waals surface area contributed by atoms with E-state index in [0.717, 1.165) is 37.4 Å². The molecule has 0 bridgehead atoms. The number of hydrogen-bond acceptors (Lipinski definition) is 5. The van der Waals surface area contributed by atoms with Crippen molar-refractivity contribution in [2.24, 2.45) is 5.92 Å². The van der Waals surface area contributed by atoms with Gasteiger partial charge in [-0.2, -0.15) is 0 Å². The molecule has 1 atom stereocenters. The van der Waals surface area contributed by atoms with Gasteiger partial charge in [-0.05, 0) is 52.4 Å². The third kappa shape index (κ3) is 4.75. The lowest BCUT2D eigenvalue weighted by molar-refractivity contribution is -0.127. The minimum atomic E-state index is 0.166. The highest BCUT2D eigenvalue weighted by Crippen LogP contribution is 2.23. The molecule has 2 fully saturated rings. The minimum Gasteiger partial charge on any atom is -0.355 e. The third-order valence-corrected chi connectivity index (χ3v) is 5.99. The van der Waals surface area contributed by atoms with Crippen LogP contribution in [0.1, 0.15) is 30.7 Å². The molecule has 0 aromatic carbocycles. The molecule has 3 rings (SSSR count). The second-order valence-electron chi connectivity index (χ2n) is 6.84. The highest BCUT2D eigenvalue weighted by Gasteiger charge is 2.30. The first-order valence-electron chi connectivity index (χ1n) is 8.81. The molecule has 0 spiro atoms. The first-order valence-corrected chi connectivity index (χ1v) is 9.69. The van der Waals surface area contributed by atoms with E-state index >= 15 is 0 Å². The summed E-state index contributed by atoms with van der Waals surface area (Å²) in [7, 11) is 2.20. The van der Waals surface area contributed by atoms with Crippen LogP contribution in [-0.2, 0) is 11.2 Å². The summed E-state index contributed by atoms with van der Waals surface area (Å²) in [5, 5.41) is 6.20. The van der Waals surface area contributed by atoms with Crippen molar-refractivity contribution in [1.82, 2.24) is 20.1 Å². The summed E-state index contributed by atoms with van der Waals surface area (Å²) in [6.07, 6.45) is 7.34. The SMILES string of the molecule is CN1CCC(N2CCC[C@H](C(=O)NCCc3nccs3)C2)CC1. The fraction of sp³-hybridized carbons (Fsp3) is 0.765. The lowest BCUT2D eigenvalue weighted by Crippen LogP contribution is -2.50. The molecule has 1 aromatic heterocycles. The van der Waals surface area contributed by atoms with Gasteiger partial charge in [-0.15, -0.1) is 11.3 Å². The predicted molar refractivity (Wildman–Crippen MR) is 93.6 cm³/mol. The molecule has 0 aliphatic carbocycles. The van der Waals surface area contributed by atoms with Crippen molar-refractivity contribution in [1.29, 1.82) is 0 Å². The lowest BCUT2D eigenvalue weighted by Gasteiger charge is -2.41. The van der Waals surface area contributed by atoms with Crippen LogP contribution in [-0.4, -0.2) is 66.5 Å². The Morgan fingerprint density at radius 1 is 1.35 bits per heavy atom. The Labute approximate surface area is 143 Å². The number of carbonyl (C=O) groups is 1. The molecule has 1 aromatic rings. The van der Waals surface area contributed by atoms with Crippen molar-refractivity contribution in [2.75, 3.05) is 39.8 Å². The van der Waals surface area contributed by atoms with Crippen LogP contribution in [0.5, 0.6) is 0 Å². The molecule has 2 saturated heterocycles. The maximum Gasteiger partial charge on any atom is 0.224 e. The van der Waals surface area contributed by atoms with Gasteiger partial charge in [0.25, 0.3) is 0 Å². The van der Waals surface area contributed by atoms with Crippen LogP contribution in [0.4, 0.5) is 0 Å². The molecule has 3 heterocycles. The molecule has 23 heavy (non-hydrogen) atoms. The fourth-order valence-electron chi connectivity index (χ4n) is 3.73. The van der Waals surface area contributed by atoms with Gasteiger partial charge in [0, 0.05) is 37.1 Å². The van der Waals surface area contributed by atoms with E-state index in [2.05, 4.69) is 27.1 Å². The van der Waals surface area contributed by atoms with Crippen LogP contribution in [0.3, 0.4) is 0 Å². The van der Waals surface area contributed by atoms with Crippen LogP contribution in [0.15, 0.2) is 11.6 Å². The molecule has 0 unspecified atom stereocenters. The standard InChI is InChI=1S/C17H28N4OS/c1-20-10-5-15(6-11-20)21-9-2-3-14(13-21)17(22)19-7-4-16-18-8-12-23-16/h8,12,14-15H,2-7,9-11,13H2,1H3,(H,19,22)/t14-/m0/s1. The van der Waals surface area contributed by atoms with Gasteiger partial charge >= 0.3 is 0 Å². The number of carbonyl (C=O) groups excluding carboxylic acids is 1. The van der Waals surface area contributed by atoms with E-state index in [9.17, 15) is 4.79 Å². The van der Waals surface area contributed by atoms with Crippen LogP contribution in [0.25, 0.3) is 0 Å². The van der Waals surface area contributed by atoms with E-state index < -0.39 is 0 Å². The van der Waals surface area contributed by atoms with Crippen molar-refractivity contribution in [3.8, 4) is 0 Å². The monoisotopic (exact) mass is 336 g/mol. The summed E-state index contributed by atoms with van der Waals surface area (Å²) in [5.41, 5.74) is 0. The summed E-state index contributed by atoms with van der Waals surface area (Å²) in [6, 6.07) is 0.678. The second kappa shape index (κ2) is 8.22. The fourth-order valence-corrected chi connectivity index (χ4v) is 4.35. The molecule has 2 aliphatic heterocycles. The molecule has 0 radical (unpaired) electrons. The number of piperidine rings is 2. The van der Waals surface area contributed by atoms with Gasteiger partial charge in [-0.3, -0.25) is 9.69 Å². The van der Waals surface area contributed by atoms with E-state index in [1.807, 2.05) is 11.6 Å². The highest BCUT2D eigenvalue weighted by atomic mass is 32.1. The quantitative estimate of drug-likeness (QED) is 0.887. The smallest absolute Gasteiger partial charge is 0.224 e. The van der Waals surface area contributed by atoms with Gasteiger partial charge < -0.3 is 10.2 Å². The first-order chi connectivity index (χ1) is 11.2. The molecular formula is C17H28N4OS. The average molecular weight is 337 g/mol. The Morgan fingerprint density at radius 3 is 2.91 bits per heavy atom. The number of amides is 1. The van der Waals surface area contributed by atoms with Gasteiger partial charge in [-0.25, -0.2) is 4.98 Å². The number of hydrogen-bond donors (Lipinski definition) is 1. The topological polar surface area (TPSA) is 48.5 Å². The maximum absolute atomic E-state index is 12.4. The summed E-state index contributed by atoms with van der Waals surface area (Å²) in [6.45, 7) is 5.18. The number of thiazole rings is 1. The Hall–Kier alpha value is -0.980. The zero-order valence-corrected chi connectivity index (χ0v) is 14.9. The van der Waals surface area contributed by atoms with Gasteiger partial charge in [0.1, 0.15) is 0 Å². The van der Waals surface area contributed by atoms with E-state index in [0.29, 0.717) is 12.6 Å². The predicted octanol–water partition coefficient (Wildman–Crippen LogP) is 1.61. The van der Waals surface area contributed by atoms with Crippen molar-refractivity contribution >= 4 is 17.2 Å². The normalized spacial score (nSPS) is 24.7. The summed E-state index contributed by atoms with van der Waals surface area (Å²) in [5.74, 6) is 0.402. The first kappa shape index (κ1) is 16.9. The average Bonchev–Trinajstić information content (AvgIpc) is 3.09. The molecule has 1 amide bonds. The Balaban J connectivity index is 1.43. The lowest BCUT2D eigenvalue weighted by atomic mass is 9.93. The van der Waals surface area contributed by atoms with E-state index in [4.69, 9.17) is 0 Å². The molecule has 128 valence electrons. The molecule has 1 N–H and O–H groups in total. The number of aromatic nitrogens is 1. The molecular weight excluding hydrogens is 308 g/mol.